The Kier molecular flexibility index (Phi) is 4.77. The first-order valence-corrected chi connectivity index (χ1v) is 6.89. The lowest BCUT2D eigenvalue weighted by Gasteiger charge is -2.27. The summed E-state index contributed by atoms with van der Waals surface area (Å²) in [6.07, 6.45) is 3.72. The summed E-state index contributed by atoms with van der Waals surface area (Å²) in [5.74, 6) is -1.02. The van der Waals surface area contributed by atoms with Gasteiger partial charge in [-0.25, -0.2) is 4.79 Å². The first-order chi connectivity index (χ1) is 10.1. The number of rotatable bonds is 4. The number of carboxylic acid groups (broad SMARTS) is 1. The van der Waals surface area contributed by atoms with Gasteiger partial charge < -0.3 is 15.3 Å². The number of nitriles is 1. The average molecular weight is 287 g/mol. The summed E-state index contributed by atoms with van der Waals surface area (Å²) >= 11 is 0. The molecule has 0 saturated heterocycles. The molecule has 0 radical (unpaired) electrons. The quantitative estimate of drug-likeness (QED) is 0.889. The molecule has 110 valence electrons. The van der Waals surface area contributed by atoms with E-state index in [2.05, 4.69) is 5.32 Å². The number of hydrogen-bond acceptors (Lipinski definition) is 3. The van der Waals surface area contributed by atoms with Crippen LogP contribution in [0.4, 0.5) is 10.5 Å². The molecule has 1 saturated carbocycles. The van der Waals surface area contributed by atoms with Gasteiger partial charge in [0.05, 0.1) is 11.6 Å². The van der Waals surface area contributed by atoms with Crippen molar-refractivity contribution in [1.82, 2.24) is 4.90 Å². The van der Waals surface area contributed by atoms with Crippen LogP contribution >= 0.6 is 0 Å². The van der Waals surface area contributed by atoms with Gasteiger partial charge in [0.1, 0.15) is 6.54 Å². The summed E-state index contributed by atoms with van der Waals surface area (Å²) in [7, 11) is 0. The number of aliphatic carboxylic acids is 1. The van der Waals surface area contributed by atoms with Crippen LogP contribution in [0, 0.1) is 11.3 Å². The summed E-state index contributed by atoms with van der Waals surface area (Å²) in [6.45, 7) is -0.299. The third kappa shape index (κ3) is 3.96. The predicted molar refractivity (Wildman–Crippen MR) is 76.8 cm³/mol. The highest BCUT2D eigenvalue weighted by Gasteiger charge is 2.28. The first kappa shape index (κ1) is 14.9. The van der Waals surface area contributed by atoms with Crippen LogP contribution in [-0.4, -0.2) is 34.6 Å². The van der Waals surface area contributed by atoms with Gasteiger partial charge in [0, 0.05) is 11.7 Å². The zero-order valence-corrected chi connectivity index (χ0v) is 11.6. The van der Waals surface area contributed by atoms with Gasteiger partial charge in [-0.05, 0) is 37.1 Å². The zero-order chi connectivity index (χ0) is 15.2. The van der Waals surface area contributed by atoms with Crippen LogP contribution in [-0.2, 0) is 4.79 Å². The van der Waals surface area contributed by atoms with E-state index in [1.165, 1.54) is 4.90 Å². The number of nitrogens with one attached hydrogen (secondary N) is 1. The molecule has 6 nitrogen and oxygen atoms in total. The second-order valence-electron chi connectivity index (χ2n) is 5.08. The molecule has 2 rings (SSSR count). The SMILES string of the molecule is N#Cc1ccc(NC(=O)N(CC(=O)O)C2CCCC2)cc1. The molecule has 6 heteroatoms. The Labute approximate surface area is 123 Å². The Morgan fingerprint density at radius 1 is 1.29 bits per heavy atom. The minimum absolute atomic E-state index is 0.0144. The van der Waals surface area contributed by atoms with Crippen LogP contribution in [0.25, 0.3) is 0 Å². The molecule has 0 spiro atoms. The van der Waals surface area contributed by atoms with E-state index in [0.29, 0.717) is 11.3 Å². The topological polar surface area (TPSA) is 93.4 Å². The lowest BCUT2D eigenvalue weighted by Crippen LogP contribution is -2.44. The normalized spacial score (nSPS) is 14.4. The van der Waals surface area contributed by atoms with E-state index < -0.39 is 12.0 Å². The largest absolute Gasteiger partial charge is 0.480 e. The van der Waals surface area contributed by atoms with Crippen molar-refractivity contribution in [2.24, 2.45) is 0 Å². The summed E-state index contributed by atoms with van der Waals surface area (Å²) in [5.41, 5.74) is 1.05. The van der Waals surface area contributed by atoms with Gasteiger partial charge >= 0.3 is 12.0 Å². The van der Waals surface area contributed by atoms with Gasteiger partial charge in [-0.2, -0.15) is 5.26 Å². The van der Waals surface area contributed by atoms with Gasteiger partial charge in [-0.1, -0.05) is 12.8 Å². The smallest absolute Gasteiger partial charge is 0.323 e. The van der Waals surface area contributed by atoms with E-state index in [4.69, 9.17) is 10.4 Å². The molecule has 1 aromatic rings. The Balaban J connectivity index is 2.06. The van der Waals surface area contributed by atoms with Crippen LogP contribution in [0.15, 0.2) is 24.3 Å². The lowest BCUT2D eigenvalue weighted by molar-refractivity contribution is -0.138. The van der Waals surface area contributed by atoms with Gasteiger partial charge in [-0.15, -0.1) is 0 Å². The number of nitrogens with zero attached hydrogens (tertiary/aromatic N) is 2. The number of benzene rings is 1. The summed E-state index contributed by atoms with van der Waals surface area (Å²) in [4.78, 5) is 24.6. The van der Waals surface area contributed by atoms with E-state index >= 15 is 0 Å². The molecular formula is C15H17N3O3. The lowest BCUT2D eigenvalue weighted by atomic mass is 10.2. The predicted octanol–water partition coefficient (Wildman–Crippen LogP) is 2.42. The van der Waals surface area contributed by atoms with Crippen molar-refractivity contribution in [1.29, 1.82) is 5.26 Å². The van der Waals surface area contributed by atoms with E-state index in [0.717, 1.165) is 25.7 Å². The number of urea groups is 1. The van der Waals surface area contributed by atoms with Crippen molar-refractivity contribution in [2.45, 2.75) is 31.7 Å². The molecule has 1 aromatic carbocycles. The number of anilines is 1. The fraction of sp³-hybridized carbons (Fsp3) is 0.400. The Morgan fingerprint density at radius 2 is 1.90 bits per heavy atom. The molecule has 0 bridgehead atoms. The third-order valence-electron chi connectivity index (χ3n) is 3.60. The number of carboxylic acids is 1. The highest BCUT2D eigenvalue weighted by atomic mass is 16.4. The molecule has 0 unspecified atom stereocenters. The maximum absolute atomic E-state index is 12.3. The fourth-order valence-electron chi connectivity index (χ4n) is 2.55. The van der Waals surface area contributed by atoms with Crippen molar-refractivity contribution < 1.29 is 14.7 Å². The van der Waals surface area contributed by atoms with E-state index in [9.17, 15) is 9.59 Å². The van der Waals surface area contributed by atoms with Gasteiger partial charge in [0.25, 0.3) is 0 Å². The third-order valence-corrected chi connectivity index (χ3v) is 3.60. The maximum Gasteiger partial charge on any atom is 0.323 e. The average Bonchev–Trinajstić information content (AvgIpc) is 2.99. The van der Waals surface area contributed by atoms with Crippen LogP contribution in [0.2, 0.25) is 0 Å². The van der Waals surface area contributed by atoms with Crippen molar-refractivity contribution in [3.8, 4) is 6.07 Å². The standard InChI is InChI=1S/C15H17N3O3/c16-9-11-5-7-12(8-6-11)17-15(21)18(10-14(19)20)13-3-1-2-4-13/h5-8,13H,1-4,10H2,(H,17,21)(H,19,20). The number of hydrogen-bond donors (Lipinski definition) is 2. The van der Waals surface area contributed by atoms with Crippen molar-refractivity contribution in [2.75, 3.05) is 11.9 Å². The van der Waals surface area contributed by atoms with Crippen LogP contribution in [0.3, 0.4) is 0 Å². The summed E-state index contributed by atoms with van der Waals surface area (Å²) < 4.78 is 0. The minimum Gasteiger partial charge on any atom is -0.480 e. The summed E-state index contributed by atoms with van der Waals surface area (Å²) in [6, 6.07) is 8.04. The monoisotopic (exact) mass is 287 g/mol. The summed E-state index contributed by atoms with van der Waals surface area (Å²) in [5, 5.41) is 20.4. The minimum atomic E-state index is -1.02. The maximum atomic E-state index is 12.3. The second kappa shape index (κ2) is 6.75. The molecule has 2 N–H and O–H groups in total. The van der Waals surface area contributed by atoms with E-state index in [1.807, 2.05) is 6.07 Å². The molecule has 1 aliphatic carbocycles. The number of amides is 2. The molecule has 0 aliphatic heterocycles. The molecule has 1 aliphatic rings. The number of carbonyl (C=O) groups excluding carboxylic acids is 1. The fourth-order valence-corrected chi connectivity index (χ4v) is 2.55. The van der Waals surface area contributed by atoms with Gasteiger partial charge in [0.2, 0.25) is 0 Å². The molecule has 2 amide bonds. The van der Waals surface area contributed by atoms with Crippen molar-refractivity contribution in [3.05, 3.63) is 29.8 Å². The van der Waals surface area contributed by atoms with Gasteiger partial charge in [-0.3, -0.25) is 4.79 Å². The molecule has 0 aromatic heterocycles. The Morgan fingerprint density at radius 3 is 2.43 bits per heavy atom. The number of carbonyl (C=O) groups is 2. The van der Waals surface area contributed by atoms with Crippen LogP contribution in [0.5, 0.6) is 0 Å². The Bertz CT molecular complexity index is 557. The van der Waals surface area contributed by atoms with Crippen molar-refractivity contribution in [3.63, 3.8) is 0 Å². The first-order valence-electron chi connectivity index (χ1n) is 6.89. The van der Waals surface area contributed by atoms with E-state index in [1.54, 1.807) is 24.3 Å². The Hall–Kier alpha value is -2.55. The van der Waals surface area contributed by atoms with Gasteiger partial charge in [0.15, 0.2) is 0 Å². The molecular weight excluding hydrogens is 270 g/mol. The highest BCUT2D eigenvalue weighted by Crippen LogP contribution is 2.24. The molecule has 0 atom stereocenters. The van der Waals surface area contributed by atoms with Crippen molar-refractivity contribution >= 4 is 17.7 Å². The van der Waals surface area contributed by atoms with Crippen LogP contribution in [0.1, 0.15) is 31.2 Å². The molecule has 1 fully saturated rings. The molecule has 0 heterocycles. The molecule has 21 heavy (non-hydrogen) atoms. The highest BCUT2D eigenvalue weighted by molar-refractivity contribution is 5.91. The second-order valence-corrected chi connectivity index (χ2v) is 5.08. The van der Waals surface area contributed by atoms with E-state index in [-0.39, 0.29) is 12.6 Å². The van der Waals surface area contributed by atoms with Crippen LogP contribution < -0.4 is 5.32 Å². The zero-order valence-electron chi connectivity index (χ0n) is 11.6.